The summed E-state index contributed by atoms with van der Waals surface area (Å²) in [6, 6.07) is 6.78. The number of aromatic nitrogens is 2. The molecule has 1 unspecified atom stereocenters. The minimum atomic E-state index is -0.389. The van der Waals surface area contributed by atoms with Crippen LogP contribution in [0.3, 0.4) is 0 Å². The molecule has 0 amide bonds. The number of imidazole rings is 1. The van der Waals surface area contributed by atoms with E-state index in [1.165, 1.54) is 12.1 Å². The highest BCUT2D eigenvalue weighted by atomic mass is 16.6. The first-order valence-electron chi connectivity index (χ1n) is 6.12. The van der Waals surface area contributed by atoms with Gasteiger partial charge < -0.3 is 10.3 Å². The first-order chi connectivity index (χ1) is 9.16. The molecule has 1 aromatic carbocycles. The van der Waals surface area contributed by atoms with Crippen LogP contribution in [0.25, 0.3) is 0 Å². The van der Waals surface area contributed by atoms with Crippen molar-refractivity contribution in [3.63, 3.8) is 0 Å². The number of nitro groups is 1. The molecule has 2 aromatic rings. The quantitative estimate of drug-likeness (QED) is 0.616. The van der Waals surface area contributed by atoms with Gasteiger partial charge in [-0.25, -0.2) is 4.98 Å². The number of H-pyrrole nitrogens is 1. The predicted molar refractivity (Wildman–Crippen MR) is 71.8 cm³/mol. The molecule has 0 fully saturated rings. The Labute approximate surface area is 111 Å². The van der Waals surface area contributed by atoms with E-state index in [1.54, 1.807) is 24.7 Å². The zero-order valence-electron chi connectivity index (χ0n) is 10.7. The van der Waals surface area contributed by atoms with E-state index in [0.717, 1.165) is 24.2 Å². The fourth-order valence-corrected chi connectivity index (χ4v) is 1.85. The third kappa shape index (κ3) is 3.62. The van der Waals surface area contributed by atoms with Gasteiger partial charge >= 0.3 is 0 Å². The topological polar surface area (TPSA) is 83.8 Å². The zero-order chi connectivity index (χ0) is 13.7. The van der Waals surface area contributed by atoms with Gasteiger partial charge in [0, 0.05) is 43.0 Å². The SMILES string of the molecule is CC(NCCc1cnc[nH]1)c1ccc([N+](=O)[O-])cc1. The van der Waals surface area contributed by atoms with Gasteiger partial charge in [0.15, 0.2) is 0 Å². The molecule has 6 heteroatoms. The van der Waals surface area contributed by atoms with Crippen molar-refractivity contribution >= 4 is 5.69 Å². The highest BCUT2D eigenvalue weighted by Gasteiger charge is 2.08. The second-order valence-corrected chi connectivity index (χ2v) is 4.35. The minimum Gasteiger partial charge on any atom is -0.348 e. The Hall–Kier alpha value is -2.21. The smallest absolute Gasteiger partial charge is 0.269 e. The summed E-state index contributed by atoms with van der Waals surface area (Å²) in [6.07, 6.45) is 4.34. The monoisotopic (exact) mass is 260 g/mol. The summed E-state index contributed by atoms with van der Waals surface area (Å²) >= 11 is 0. The lowest BCUT2D eigenvalue weighted by Crippen LogP contribution is -2.21. The lowest BCUT2D eigenvalue weighted by Gasteiger charge is -2.13. The van der Waals surface area contributed by atoms with Crippen LogP contribution in [0.1, 0.15) is 24.2 Å². The summed E-state index contributed by atoms with van der Waals surface area (Å²) in [6.45, 7) is 2.86. The minimum absolute atomic E-state index is 0.119. The zero-order valence-corrected chi connectivity index (χ0v) is 10.7. The van der Waals surface area contributed by atoms with E-state index in [1.807, 2.05) is 6.92 Å². The van der Waals surface area contributed by atoms with Crippen molar-refractivity contribution in [3.05, 3.63) is 58.2 Å². The van der Waals surface area contributed by atoms with E-state index in [-0.39, 0.29) is 16.7 Å². The van der Waals surface area contributed by atoms with E-state index in [4.69, 9.17) is 0 Å². The number of nitrogens with zero attached hydrogens (tertiary/aromatic N) is 2. The van der Waals surface area contributed by atoms with Crippen LogP contribution in [0.15, 0.2) is 36.8 Å². The van der Waals surface area contributed by atoms with Crippen molar-refractivity contribution in [2.75, 3.05) is 6.54 Å². The highest BCUT2D eigenvalue weighted by Crippen LogP contribution is 2.17. The van der Waals surface area contributed by atoms with Crippen LogP contribution in [0.5, 0.6) is 0 Å². The maximum atomic E-state index is 10.6. The first-order valence-corrected chi connectivity index (χ1v) is 6.12. The van der Waals surface area contributed by atoms with E-state index in [9.17, 15) is 10.1 Å². The molecule has 0 aliphatic rings. The number of benzene rings is 1. The summed E-state index contributed by atoms with van der Waals surface area (Å²) in [5.41, 5.74) is 2.24. The average Bonchev–Trinajstić information content (AvgIpc) is 2.92. The molecule has 1 atom stereocenters. The molecule has 1 heterocycles. The summed E-state index contributed by atoms with van der Waals surface area (Å²) in [5, 5.41) is 13.9. The summed E-state index contributed by atoms with van der Waals surface area (Å²) < 4.78 is 0. The van der Waals surface area contributed by atoms with Gasteiger partial charge in [-0.2, -0.15) is 0 Å². The molecule has 2 N–H and O–H groups in total. The van der Waals surface area contributed by atoms with E-state index in [2.05, 4.69) is 15.3 Å². The molecule has 100 valence electrons. The maximum Gasteiger partial charge on any atom is 0.269 e. The second-order valence-electron chi connectivity index (χ2n) is 4.35. The van der Waals surface area contributed by atoms with Crippen LogP contribution in [0, 0.1) is 10.1 Å². The number of nitrogens with one attached hydrogen (secondary N) is 2. The van der Waals surface area contributed by atoms with Crippen molar-refractivity contribution < 1.29 is 4.92 Å². The molecule has 2 rings (SSSR count). The fourth-order valence-electron chi connectivity index (χ4n) is 1.85. The van der Waals surface area contributed by atoms with Gasteiger partial charge in [-0.15, -0.1) is 0 Å². The van der Waals surface area contributed by atoms with Crippen molar-refractivity contribution in [1.29, 1.82) is 0 Å². The molecule has 1 aromatic heterocycles. The number of hydrogen-bond acceptors (Lipinski definition) is 4. The predicted octanol–water partition coefficient (Wildman–Crippen LogP) is 2.21. The molecule has 0 bridgehead atoms. The van der Waals surface area contributed by atoms with Crippen LogP contribution in [0.4, 0.5) is 5.69 Å². The first kappa shape index (κ1) is 13.2. The number of aromatic amines is 1. The molecule has 6 nitrogen and oxygen atoms in total. The molecule has 0 spiro atoms. The summed E-state index contributed by atoms with van der Waals surface area (Å²) in [4.78, 5) is 17.2. The maximum absolute atomic E-state index is 10.6. The van der Waals surface area contributed by atoms with Gasteiger partial charge in [0.1, 0.15) is 0 Å². The van der Waals surface area contributed by atoms with Crippen LogP contribution < -0.4 is 5.32 Å². The van der Waals surface area contributed by atoms with Gasteiger partial charge in [-0.3, -0.25) is 10.1 Å². The van der Waals surface area contributed by atoms with Gasteiger partial charge in [-0.1, -0.05) is 12.1 Å². The Morgan fingerprint density at radius 3 is 2.74 bits per heavy atom. The Morgan fingerprint density at radius 1 is 1.42 bits per heavy atom. The van der Waals surface area contributed by atoms with Gasteiger partial charge in [0.25, 0.3) is 5.69 Å². The molecular formula is C13H16N4O2. The Morgan fingerprint density at radius 2 is 2.16 bits per heavy atom. The summed E-state index contributed by atoms with van der Waals surface area (Å²) in [7, 11) is 0. The molecule has 0 saturated heterocycles. The van der Waals surface area contributed by atoms with Crippen LogP contribution in [-0.4, -0.2) is 21.4 Å². The normalized spacial score (nSPS) is 12.3. The molecule has 19 heavy (non-hydrogen) atoms. The second kappa shape index (κ2) is 6.10. The third-order valence-corrected chi connectivity index (χ3v) is 3.00. The van der Waals surface area contributed by atoms with E-state index < -0.39 is 0 Å². The van der Waals surface area contributed by atoms with E-state index in [0.29, 0.717) is 0 Å². The largest absolute Gasteiger partial charge is 0.348 e. The molecular weight excluding hydrogens is 244 g/mol. The molecule has 0 aliphatic carbocycles. The Balaban J connectivity index is 1.85. The van der Waals surface area contributed by atoms with Crippen LogP contribution >= 0.6 is 0 Å². The van der Waals surface area contributed by atoms with Gasteiger partial charge in [0.05, 0.1) is 11.3 Å². The Bertz CT molecular complexity index is 522. The Kier molecular flexibility index (Phi) is 4.25. The number of rotatable bonds is 6. The van der Waals surface area contributed by atoms with E-state index >= 15 is 0 Å². The lowest BCUT2D eigenvalue weighted by molar-refractivity contribution is -0.384. The number of non-ortho nitro benzene ring substituents is 1. The van der Waals surface area contributed by atoms with Crippen molar-refractivity contribution in [2.45, 2.75) is 19.4 Å². The molecule has 0 radical (unpaired) electrons. The highest BCUT2D eigenvalue weighted by molar-refractivity contribution is 5.34. The molecule has 0 aliphatic heterocycles. The number of nitro benzene ring substituents is 1. The standard InChI is InChI=1S/C13H16N4O2/c1-10(15-7-6-12-8-14-9-16-12)11-2-4-13(5-3-11)17(18)19/h2-5,8-10,15H,6-7H2,1H3,(H,14,16). The van der Waals surface area contributed by atoms with Crippen LogP contribution in [-0.2, 0) is 6.42 Å². The number of hydrogen-bond donors (Lipinski definition) is 2. The summed E-state index contributed by atoms with van der Waals surface area (Å²) in [5.74, 6) is 0. The lowest BCUT2D eigenvalue weighted by atomic mass is 10.1. The van der Waals surface area contributed by atoms with Gasteiger partial charge in [-0.05, 0) is 12.5 Å². The van der Waals surface area contributed by atoms with Crippen molar-refractivity contribution in [3.8, 4) is 0 Å². The van der Waals surface area contributed by atoms with Gasteiger partial charge in [0.2, 0.25) is 0 Å². The third-order valence-electron chi connectivity index (χ3n) is 3.00. The van der Waals surface area contributed by atoms with Crippen molar-refractivity contribution in [2.24, 2.45) is 0 Å². The molecule has 0 saturated carbocycles. The fraction of sp³-hybridized carbons (Fsp3) is 0.308. The van der Waals surface area contributed by atoms with Crippen molar-refractivity contribution in [1.82, 2.24) is 15.3 Å². The van der Waals surface area contributed by atoms with Crippen LogP contribution in [0.2, 0.25) is 0 Å². The average molecular weight is 260 g/mol.